The molecule has 0 bridgehead atoms. The third-order valence-corrected chi connectivity index (χ3v) is 4.52. The monoisotopic (exact) mass is 234 g/mol. The zero-order chi connectivity index (χ0) is 12.3. The summed E-state index contributed by atoms with van der Waals surface area (Å²) in [5.41, 5.74) is -0.707. The van der Waals surface area contributed by atoms with Gasteiger partial charge < -0.3 is 4.90 Å². The van der Waals surface area contributed by atoms with E-state index in [-0.39, 0.29) is 5.91 Å². The van der Waals surface area contributed by atoms with Crippen LogP contribution in [0.3, 0.4) is 0 Å². The molecule has 2 aliphatic rings. The summed E-state index contributed by atoms with van der Waals surface area (Å²) in [6.07, 6.45) is 9.37. The van der Waals surface area contributed by atoms with Crippen molar-refractivity contribution >= 4 is 5.91 Å². The molecule has 2 aliphatic carbocycles. The molecule has 0 heterocycles. The normalized spacial score (nSPS) is 24.2. The molecule has 0 radical (unpaired) electrons. The zero-order valence-electron chi connectivity index (χ0n) is 10.7. The molecule has 2 fully saturated rings. The van der Waals surface area contributed by atoms with Crippen molar-refractivity contribution in [3.63, 3.8) is 0 Å². The maximum atomic E-state index is 12.5. The van der Waals surface area contributed by atoms with Crippen LogP contribution in [0.5, 0.6) is 0 Å². The molecule has 0 aliphatic heterocycles. The average molecular weight is 234 g/mol. The summed E-state index contributed by atoms with van der Waals surface area (Å²) < 4.78 is 0. The lowest BCUT2D eigenvalue weighted by Gasteiger charge is -2.39. The van der Waals surface area contributed by atoms with E-state index in [9.17, 15) is 10.1 Å². The Kier molecular flexibility index (Phi) is 3.71. The Morgan fingerprint density at radius 2 is 1.76 bits per heavy atom. The summed E-state index contributed by atoms with van der Waals surface area (Å²) in [6.45, 7) is 0. The summed E-state index contributed by atoms with van der Waals surface area (Å²) >= 11 is 0. The Morgan fingerprint density at radius 1 is 1.18 bits per heavy atom. The average Bonchev–Trinajstić information content (AvgIpc) is 2.51. The van der Waals surface area contributed by atoms with Crippen molar-refractivity contribution in [1.82, 2.24) is 4.90 Å². The summed E-state index contributed by atoms with van der Waals surface area (Å²) in [6, 6.07) is 2.75. The molecule has 0 aromatic carbocycles. The molecule has 1 amide bonds. The van der Waals surface area contributed by atoms with Crippen LogP contribution in [0, 0.1) is 16.7 Å². The molecule has 0 saturated heterocycles. The van der Waals surface area contributed by atoms with Gasteiger partial charge >= 0.3 is 0 Å². The predicted octanol–water partition coefficient (Wildman–Crippen LogP) is 2.86. The molecule has 17 heavy (non-hydrogen) atoms. The molecular weight excluding hydrogens is 212 g/mol. The van der Waals surface area contributed by atoms with E-state index in [0.29, 0.717) is 6.04 Å². The first kappa shape index (κ1) is 12.4. The highest BCUT2D eigenvalue weighted by Gasteiger charge is 2.42. The van der Waals surface area contributed by atoms with Crippen LogP contribution in [0.2, 0.25) is 0 Å². The number of amides is 1. The van der Waals surface area contributed by atoms with E-state index >= 15 is 0 Å². The number of nitriles is 1. The first-order chi connectivity index (χ1) is 8.19. The predicted molar refractivity (Wildman–Crippen MR) is 66.2 cm³/mol. The van der Waals surface area contributed by atoms with Gasteiger partial charge in [0.05, 0.1) is 6.07 Å². The molecule has 0 spiro atoms. The van der Waals surface area contributed by atoms with Gasteiger partial charge in [0.2, 0.25) is 5.91 Å². The van der Waals surface area contributed by atoms with Crippen LogP contribution in [0.15, 0.2) is 0 Å². The van der Waals surface area contributed by atoms with Crippen LogP contribution in [0.1, 0.15) is 57.8 Å². The van der Waals surface area contributed by atoms with E-state index in [1.54, 1.807) is 0 Å². The van der Waals surface area contributed by atoms with Gasteiger partial charge in [-0.1, -0.05) is 25.7 Å². The van der Waals surface area contributed by atoms with E-state index in [1.165, 1.54) is 19.3 Å². The maximum Gasteiger partial charge on any atom is 0.243 e. The van der Waals surface area contributed by atoms with Gasteiger partial charge in [0, 0.05) is 13.1 Å². The van der Waals surface area contributed by atoms with Crippen molar-refractivity contribution in [3.05, 3.63) is 0 Å². The van der Waals surface area contributed by atoms with Crippen molar-refractivity contribution < 1.29 is 4.79 Å². The first-order valence-corrected chi connectivity index (χ1v) is 6.88. The van der Waals surface area contributed by atoms with Gasteiger partial charge in [-0.05, 0) is 32.1 Å². The number of nitrogens with zero attached hydrogens (tertiary/aromatic N) is 2. The summed E-state index contributed by atoms with van der Waals surface area (Å²) in [5, 5.41) is 9.46. The minimum absolute atomic E-state index is 0.0894. The quantitative estimate of drug-likeness (QED) is 0.690. The number of hydrogen-bond donors (Lipinski definition) is 0. The minimum Gasteiger partial charge on any atom is -0.341 e. The molecule has 0 aromatic heterocycles. The molecule has 2 rings (SSSR count). The third-order valence-electron chi connectivity index (χ3n) is 4.52. The van der Waals surface area contributed by atoms with E-state index in [2.05, 4.69) is 6.07 Å². The molecule has 0 unspecified atom stereocenters. The van der Waals surface area contributed by atoms with E-state index in [4.69, 9.17) is 0 Å². The molecule has 0 aromatic rings. The molecule has 0 atom stereocenters. The highest BCUT2D eigenvalue weighted by atomic mass is 16.2. The fourth-order valence-electron chi connectivity index (χ4n) is 2.98. The van der Waals surface area contributed by atoms with Crippen LogP contribution in [-0.2, 0) is 4.79 Å². The first-order valence-electron chi connectivity index (χ1n) is 6.88. The third kappa shape index (κ3) is 2.31. The lowest BCUT2D eigenvalue weighted by Crippen LogP contribution is -2.48. The van der Waals surface area contributed by atoms with Crippen LogP contribution < -0.4 is 0 Å². The Hall–Kier alpha value is -1.04. The van der Waals surface area contributed by atoms with Gasteiger partial charge in [-0.15, -0.1) is 0 Å². The van der Waals surface area contributed by atoms with E-state index in [1.807, 2.05) is 11.9 Å². The van der Waals surface area contributed by atoms with Crippen molar-refractivity contribution in [2.45, 2.75) is 63.8 Å². The maximum absolute atomic E-state index is 12.5. The fourth-order valence-corrected chi connectivity index (χ4v) is 2.98. The Balaban J connectivity index is 2.10. The second-order valence-corrected chi connectivity index (χ2v) is 5.61. The number of carbonyl (C=O) groups excluding carboxylic acids is 1. The van der Waals surface area contributed by atoms with Crippen LogP contribution in [-0.4, -0.2) is 23.9 Å². The second-order valence-electron chi connectivity index (χ2n) is 5.61. The minimum atomic E-state index is -0.707. The SMILES string of the molecule is CN(C(=O)C1(C#N)CCCCCC1)C1CCC1. The Labute approximate surface area is 104 Å². The number of rotatable bonds is 2. The summed E-state index contributed by atoms with van der Waals surface area (Å²) in [5.74, 6) is 0.0894. The zero-order valence-corrected chi connectivity index (χ0v) is 10.7. The van der Waals surface area contributed by atoms with Gasteiger partial charge in [-0.25, -0.2) is 0 Å². The molecule has 0 N–H and O–H groups in total. The van der Waals surface area contributed by atoms with Gasteiger partial charge in [-0.2, -0.15) is 5.26 Å². The van der Waals surface area contributed by atoms with Crippen molar-refractivity contribution in [1.29, 1.82) is 5.26 Å². The Morgan fingerprint density at radius 3 is 2.18 bits per heavy atom. The topological polar surface area (TPSA) is 44.1 Å². The second kappa shape index (κ2) is 5.08. The van der Waals surface area contributed by atoms with Crippen LogP contribution in [0.4, 0.5) is 0 Å². The van der Waals surface area contributed by atoms with Crippen molar-refractivity contribution in [2.75, 3.05) is 7.05 Å². The smallest absolute Gasteiger partial charge is 0.243 e. The molecular formula is C14H22N2O. The summed E-state index contributed by atoms with van der Waals surface area (Å²) in [4.78, 5) is 14.4. The summed E-state index contributed by atoms with van der Waals surface area (Å²) in [7, 11) is 1.89. The Bertz CT molecular complexity index is 320. The van der Waals surface area contributed by atoms with Crippen LogP contribution in [0.25, 0.3) is 0 Å². The molecule has 2 saturated carbocycles. The molecule has 3 heteroatoms. The molecule has 3 nitrogen and oxygen atoms in total. The lowest BCUT2D eigenvalue weighted by atomic mass is 9.79. The van der Waals surface area contributed by atoms with Crippen LogP contribution >= 0.6 is 0 Å². The largest absolute Gasteiger partial charge is 0.341 e. The number of hydrogen-bond acceptors (Lipinski definition) is 2. The molecule has 94 valence electrons. The van der Waals surface area contributed by atoms with Crippen molar-refractivity contribution in [2.24, 2.45) is 5.41 Å². The lowest BCUT2D eigenvalue weighted by molar-refractivity contribution is -0.142. The van der Waals surface area contributed by atoms with E-state index < -0.39 is 5.41 Å². The van der Waals surface area contributed by atoms with E-state index in [0.717, 1.165) is 38.5 Å². The van der Waals surface area contributed by atoms with Gasteiger partial charge in [0.25, 0.3) is 0 Å². The standard InChI is InChI=1S/C14H22N2O/c1-16(12-7-6-8-12)13(17)14(11-15)9-4-2-3-5-10-14/h12H,2-10H2,1H3. The fraction of sp³-hybridized carbons (Fsp3) is 0.857. The highest BCUT2D eigenvalue weighted by Crippen LogP contribution is 2.38. The van der Waals surface area contributed by atoms with Gasteiger partial charge in [0.1, 0.15) is 5.41 Å². The number of carbonyl (C=O) groups is 1. The highest BCUT2D eigenvalue weighted by molar-refractivity contribution is 5.85. The van der Waals surface area contributed by atoms with Gasteiger partial charge in [0.15, 0.2) is 0 Å². The van der Waals surface area contributed by atoms with Gasteiger partial charge in [-0.3, -0.25) is 4.79 Å². The van der Waals surface area contributed by atoms with Crippen molar-refractivity contribution in [3.8, 4) is 6.07 Å².